The molecule has 4 rings (SSSR count). The number of ether oxygens (including phenoxy) is 2. The molecule has 0 amide bonds. The highest BCUT2D eigenvalue weighted by molar-refractivity contribution is 7.89. The summed E-state index contributed by atoms with van der Waals surface area (Å²) in [7, 11) is -7.52. The number of fused-ring (bicyclic) bond motifs is 1. The fourth-order valence-corrected chi connectivity index (χ4v) is 7.62. The number of hydrogen-bond acceptors (Lipinski definition) is 6. The second kappa shape index (κ2) is 8.33. The second-order valence-corrected chi connectivity index (χ2v) is 12.0. The smallest absolute Gasteiger partial charge is 0.243 e. The summed E-state index contributed by atoms with van der Waals surface area (Å²) < 4.78 is 66.9. The van der Waals surface area contributed by atoms with Crippen LogP contribution in [0.3, 0.4) is 0 Å². The molecule has 10 heteroatoms. The first-order valence-corrected chi connectivity index (χ1v) is 13.4. The van der Waals surface area contributed by atoms with Crippen molar-refractivity contribution in [3.8, 4) is 11.5 Å². The Balaban J connectivity index is 1.56. The van der Waals surface area contributed by atoms with Crippen molar-refractivity contribution >= 4 is 20.0 Å². The van der Waals surface area contributed by atoms with Crippen LogP contribution in [-0.4, -0.2) is 64.8 Å². The molecular formula is C22H28N2O6S2. The van der Waals surface area contributed by atoms with Gasteiger partial charge in [-0.25, -0.2) is 16.8 Å². The van der Waals surface area contributed by atoms with Gasteiger partial charge in [0.1, 0.15) is 13.2 Å². The Morgan fingerprint density at radius 1 is 0.688 bits per heavy atom. The van der Waals surface area contributed by atoms with Gasteiger partial charge in [0.05, 0.1) is 9.79 Å². The summed E-state index contributed by atoms with van der Waals surface area (Å²) in [4.78, 5) is 0.442. The zero-order valence-electron chi connectivity index (χ0n) is 18.7. The maximum absolute atomic E-state index is 13.4. The molecule has 0 aromatic heterocycles. The van der Waals surface area contributed by atoms with Crippen LogP contribution in [0.15, 0.2) is 34.1 Å². The zero-order chi connectivity index (χ0) is 23.3. The standard InChI is InChI=1S/C22H28N2O6S2/c1-15-13-16(2)18(4)22(17(15)3)32(27,28)24-9-7-23(8-10-24)31(25,26)19-5-6-20-21(14-19)30-12-11-29-20/h5-6,13-14H,7-12H2,1-4H3. The monoisotopic (exact) mass is 480 g/mol. The van der Waals surface area contributed by atoms with E-state index >= 15 is 0 Å². The number of benzene rings is 2. The highest BCUT2D eigenvalue weighted by Gasteiger charge is 2.36. The fraction of sp³-hybridized carbons (Fsp3) is 0.455. The van der Waals surface area contributed by atoms with E-state index in [1.165, 1.54) is 20.7 Å². The molecule has 8 nitrogen and oxygen atoms in total. The lowest BCUT2D eigenvalue weighted by Gasteiger charge is -2.34. The molecule has 174 valence electrons. The van der Waals surface area contributed by atoms with Gasteiger partial charge in [-0.3, -0.25) is 0 Å². The summed E-state index contributed by atoms with van der Waals surface area (Å²) in [5.74, 6) is 0.921. The zero-order valence-corrected chi connectivity index (χ0v) is 20.3. The van der Waals surface area contributed by atoms with Crippen LogP contribution in [0.5, 0.6) is 11.5 Å². The summed E-state index contributed by atoms with van der Waals surface area (Å²) in [5, 5.41) is 0. The normalized spacial score (nSPS) is 18.0. The van der Waals surface area contributed by atoms with E-state index in [2.05, 4.69) is 0 Å². The molecule has 0 radical (unpaired) electrons. The molecule has 0 aliphatic carbocycles. The van der Waals surface area contributed by atoms with Crippen LogP contribution >= 0.6 is 0 Å². The van der Waals surface area contributed by atoms with E-state index in [1.54, 1.807) is 6.07 Å². The van der Waals surface area contributed by atoms with Crippen LogP contribution in [0.1, 0.15) is 22.3 Å². The third kappa shape index (κ3) is 3.89. The number of aryl methyl sites for hydroxylation is 2. The minimum atomic E-state index is -3.78. The maximum atomic E-state index is 13.4. The van der Waals surface area contributed by atoms with Crippen LogP contribution in [0.25, 0.3) is 0 Å². The van der Waals surface area contributed by atoms with E-state index in [0.717, 1.165) is 22.3 Å². The van der Waals surface area contributed by atoms with Crippen LogP contribution in [0.2, 0.25) is 0 Å². The summed E-state index contributed by atoms with van der Waals surface area (Å²) in [5.41, 5.74) is 3.32. The van der Waals surface area contributed by atoms with Crippen molar-refractivity contribution in [2.45, 2.75) is 37.5 Å². The molecule has 1 fully saturated rings. The Hall–Kier alpha value is -2.14. The van der Waals surface area contributed by atoms with Crippen molar-refractivity contribution in [2.24, 2.45) is 0 Å². The van der Waals surface area contributed by atoms with Gasteiger partial charge in [0.15, 0.2) is 11.5 Å². The average molecular weight is 481 g/mol. The average Bonchev–Trinajstić information content (AvgIpc) is 2.77. The Morgan fingerprint density at radius 2 is 1.19 bits per heavy atom. The predicted octanol–water partition coefficient (Wildman–Crippen LogP) is 2.39. The van der Waals surface area contributed by atoms with Gasteiger partial charge < -0.3 is 9.47 Å². The van der Waals surface area contributed by atoms with E-state index in [-0.39, 0.29) is 31.1 Å². The Bertz CT molecular complexity index is 1240. The molecule has 2 heterocycles. The van der Waals surface area contributed by atoms with Crippen LogP contribution in [-0.2, 0) is 20.0 Å². The quantitative estimate of drug-likeness (QED) is 0.667. The summed E-state index contributed by atoms with van der Waals surface area (Å²) in [6, 6.07) is 6.54. The molecule has 32 heavy (non-hydrogen) atoms. The summed E-state index contributed by atoms with van der Waals surface area (Å²) >= 11 is 0. The number of nitrogens with zero attached hydrogens (tertiary/aromatic N) is 2. The molecule has 0 saturated carbocycles. The molecule has 0 N–H and O–H groups in total. The Kier molecular flexibility index (Phi) is 6.00. The van der Waals surface area contributed by atoms with Crippen LogP contribution in [0.4, 0.5) is 0 Å². The summed E-state index contributed by atoms with van der Waals surface area (Å²) in [6.07, 6.45) is 0. The third-order valence-electron chi connectivity index (χ3n) is 6.24. The lowest BCUT2D eigenvalue weighted by molar-refractivity contribution is 0.171. The highest BCUT2D eigenvalue weighted by Crippen LogP contribution is 2.34. The van der Waals surface area contributed by atoms with Gasteiger partial charge in [-0.15, -0.1) is 0 Å². The SMILES string of the molecule is Cc1cc(C)c(C)c(S(=O)(=O)N2CCN(S(=O)(=O)c3ccc4c(c3)OCCO4)CC2)c1C. The van der Waals surface area contributed by atoms with Crippen molar-refractivity contribution in [1.29, 1.82) is 0 Å². The molecule has 2 aliphatic heterocycles. The van der Waals surface area contributed by atoms with Gasteiger partial charge in [0, 0.05) is 32.2 Å². The van der Waals surface area contributed by atoms with E-state index in [4.69, 9.17) is 9.47 Å². The molecule has 2 aromatic rings. The van der Waals surface area contributed by atoms with Crippen molar-refractivity contribution in [1.82, 2.24) is 8.61 Å². The van der Waals surface area contributed by atoms with Gasteiger partial charge in [-0.1, -0.05) is 6.07 Å². The molecule has 1 saturated heterocycles. The highest BCUT2D eigenvalue weighted by atomic mass is 32.2. The van der Waals surface area contributed by atoms with Gasteiger partial charge in [-0.05, 0) is 62.1 Å². The number of sulfonamides is 2. The lowest BCUT2D eigenvalue weighted by atomic mass is 10.0. The molecule has 0 atom stereocenters. The van der Waals surface area contributed by atoms with Crippen molar-refractivity contribution in [3.63, 3.8) is 0 Å². The van der Waals surface area contributed by atoms with Gasteiger partial charge in [0.2, 0.25) is 20.0 Å². The molecule has 2 aliphatic rings. The topological polar surface area (TPSA) is 93.2 Å². The van der Waals surface area contributed by atoms with Crippen LogP contribution < -0.4 is 9.47 Å². The van der Waals surface area contributed by atoms with Crippen molar-refractivity contribution in [2.75, 3.05) is 39.4 Å². The number of rotatable bonds is 4. The Morgan fingerprint density at radius 3 is 1.75 bits per heavy atom. The fourth-order valence-electron chi connectivity index (χ4n) is 4.18. The first-order valence-electron chi connectivity index (χ1n) is 10.5. The van der Waals surface area contributed by atoms with Gasteiger partial charge >= 0.3 is 0 Å². The van der Waals surface area contributed by atoms with Gasteiger partial charge in [-0.2, -0.15) is 8.61 Å². The Labute approximate surface area is 189 Å². The minimum Gasteiger partial charge on any atom is -0.486 e. The van der Waals surface area contributed by atoms with E-state index in [0.29, 0.717) is 29.6 Å². The molecule has 0 spiro atoms. The van der Waals surface area contributed by atoms with Crippen LogP contribution in [0, 0.1) is 27.7 Å². The van der Waals surface area contributed by atoms with Gasteiger partial charge in [0.25, 0.3) is 0 Å². The minimum absolute atomic E-state index is 0.0822. The molecule has 0 unspecified atom stereocenters. The largest absolute Gasteiger partial charge is 0.486 e. The van der Waals surface area contributed by atoms with E-state index in [1.807, 2.05) is 33.8 Å². The van der Waals surface area contributed by atoms with E-state index in [9.17, 15) is 16.8 Å². The summed E-state index contributed by atoms with van der Waals surface area (Å²) in [6.45, 7) is 8.58. The maximum Gasteiger partial charge on any atom is 0.243 e. The molecule has 2 aromatic carbocycles. The third-order valence-corrected chi connectivity index (χ3v) is 10.3. The van der Waals surface area contributed by atoms with E-state index < -0.39 is 20.0 Å². The van der Waals surface area contributed by atoms with Crippen molar-refractivity contribution in [3.05, 3.63) is 46.5 Å². The second-order valence-electron chi connectivity index (χ2n) is 8.20. The lowest BCUT2D eigenvalue weighted by Crippen LogP contribution is -2.50. The number of hydrogen-bond donors (Lipinski definition) is 0. The first kappa shape index (κ1) is 23.0. The van der Waals surface area contributed by atoms with Crippen molar-refractivity contribution < 1.29 is 26.3 Å². The number of piperazine rings is 1. The molecular weight excluding hydrogens is 452 g/mol. The molecule has 0 bridgehead atoms. The first-order chi connectivity index (χ1) is 15.0. The predicted molar refractivity (Wildman–Crippen MR) is 120 cm³/mol.